The van der Waals surface area contributed by atoms with Crippen LogP contribution in [0.3, 0.4) is 0 Å². The molecule has 0 aliphatic rings. The van der Waals surface area contributed by atoms with Gasteiger partial charge in [-0.15, -0.1) is 0 Å². The fourth-order valence-electron chi connectivity index (χ4n) is 2.42. The van der Waals surface area contributed by atoms with Gasteiger partial charge in [0.2, 0.25) is 0 Å². The number of nitrogens with one attached hydrogen (secondary N) is 2. The van der Waals surface area contributed by atoms with Gasteiger partial charge in [-0.25, -0.2) is 14.4 Å². The third-order valence-electron chi connectivity index (χ3n) is 4.08. The van der Waals surface area contributed by atoms with Crippen LogP contribution in [-0.4, -0.2) is 15.9 Å². The predicted molar refractivity (Wildman–Crippen MR) is 98.8 cm³/mol. The van der Waals surface area contributed by atoms with Gasteiger partial charge in [0.15, 0.2) is 0 Å². The van der Waals surface area contributed by atoms with Gasteiger partial charge in [-0.3, -0.25) is 4.79 Å². The molecule has 3 aromatic rings. The minimum absolute atomic E-state index is 0.0927. The summed E-state index contributed by atoms with van der Waals surface area (Å²) >= 11 is 0. The summed E-state index contributed by atoms with van der Waals surface area (Å²) in [5.74, 6) is -0.231. The van der Waals surface area contributed by atoms with Crippen molar-refractivity contribution in [2.45, 2.75) is 20.4 Å². The normalized spacial score (nSPS) is 10.4. The van der Waals surface area contributed by atoms with E-state index in [1.807, 2.05) is 32.0 Å². The Morgan fingerprint density at radius 3 is 2.62 bits per heavy atom. The van der Waals surface area contributed by atoms with Crippen LogP contribution in [0.5, 0.6) is 0 Å². The number of aryl methyl sites for hydroxylation is 2. The molecule has 26 heavy (non-hydrogen) atoms. The molecule has 1 aromatic heterocycles. The number of carbonyl (C=O) groups excluding carboxylic acids is 1. The Kier molecular flexibility index (Phi) is 5.22. The smallest absolute Gasteiger partial charge is 0.270 e. The van der Waals surface area contributed by atoms with E-state index < -0.39 is 5.91 Å². The van der Waals surface area contributed by atoms with Gasteiger partial charge >= 0.3 is 0 Å². The lowest BCUT2D eigenvalue weighted by atomic mass is 10.1. The number of anilines is 2. The maximum atomic E-state index is 13.6. The number of nitrogens with zero attached hydrogens (tertiary/aromatic N) is 2. The van der Waals surface area contributed by atoms with Crippen LogP contribution in [0.2, 0.25) is 0 Å². The molecular formula is C20H19FN4O. The summed E-state index contributed by atoms with van der Waals surface area (Å²) in [6, 6.07) is 13.8. The van der Waals surface area contributed by atoms with Gasteiger partial charge in [0, 0.05) is 23.9 Å². The van der Waals surface area contributed by atoms with Crippen LogP contribution in [0.25, 0.3) is 0 Å². The van der Waals surface area contributed by atoms with E-state index in [0.717, 1.165) is 11.3 Å². The average molecular weight is 350 g/mol. The second-order valence-electron chi connectivity index (χ2n) is 5.99. The number of hydrogen-bond acceptors (Lipinski definition) is 4. The highest BCUT2D eigenvalue weighted by Crippen LogP contribution is 2.18. The van der Waals surface area contributed by atoms with Crippen LogP contribution in [0.4, 0.5) is 15.9 Å². The SMILES string of the molecule is Cc1ccc(Nc2cc(C(=O)NCc3ccccc3F)ncn2)cc1C. The van der Waals surface area contributed by atoms with Gasteiger partial charge in [-0.2, -0.15) is 0 Å². The van der Waals surface area contributed by atoms with Gasteiger partial charge in [0.25, 0.3) is 5.91 Å². The quantitative estimate of drug-likeness (QED) is 0.732. The molecule has 3 rings (SSSR count). The van der Waals surface area contributed by atoms with Crippen LogP contribution in [0.15, 0.2) is 54.9 Å². The van der Waals surface area contributed by atoms with Gasteiger partial charge in [0.1, 0.15) is 23.7 Å². The third kappa shape index (κ3) is 4.22. The Bertz CT molecular complexity index is 943. The standard InChI is InChI=1S/C20H19FN4O/c1-13-7-8-16(9-14(13)2)25-19-10-18(23-12-24-19)20(26)22-11-15-5-3-4-6-17(15)21/h3-10,12H,11H2,1-2H3,(H,22,26)(H,23,24,25). The molecule has 0 bridgehead atoms. The monoisotopic (exact) mass is 350 g/mol. The molecule has 1 amide bonds. The highest BCUT2D eigenvalue weighted by Gasteiger charge is 2.10. The van der Waals surface area contributed by atoms with E-state index >= 15 is 0 Å². The summed E-state index contributed by atoms with van der Waals surface area (Å²) in [5, 5.41) is 5.83. The van der Waals surface area contributed by atoms with E-state index in [1.165, 1.54) is 18.0 Å². The van der Waals surface area contributed by atoms with Crippen LogP contribution in [0.1, 0.15) is 27.2 Å². The summed E-state index contributed by atoms with van der Waals surface area (Å²) in [6.07, 6.45) is 1.32. The lowest BCUT2D eigenvalue weighted by Gasteiger charge is -2.09. The van der Waals surface area contributed by atoms with Crippen molar-refractivity contribution in [1.82, 2.24) is 15.3 Å². The van der Waals surface area contributed by atoms with E-state index in [0.29, 0.717) is 11.4 Å². The molecule has 2 N–H and O–H groups in total. The largest absolute Gasteiger partial charge is 0.347 e. The van der Waals surface area contributed by atoms with Gasteiger partial charge in [-0.1, -0.05) is 24.3 Å². The Labute approximate surface area is 151 Å². The topological polar surface area (TPSA) is 66.9 Å². The zero-order valence-corrected chi connectivity index (χ0v) is 14.6. The zero-order valence-electron chi connectivity index (χ0n) is 14.6. The minimum atomic E-state index is -0.390. The molecule has 5 nitrogen and oxygen atoms in total. The molecule has 0 saturated carbocycles. The summed E-state index contributed by atoms with van der Waals surface area (Å²) in [4.78, 5) is 20.4. The molecule has 1 heterocycles. The van der Waals surface area contributed by atoms with E-state index in [1.54, 1.807) is 24.3 Å². The first kappa shape index (κ1) is 17.5. The van der Waals surface area contributed by atoms with Crippen molar-refractivity contribution >= 4 is 17.4 Å². The highest BCUT2D eigenvalue weighted by molar-refractivity contribution is 5.92. The average Bonchev–Trinajstić information content (AvgIpc) is 2.64. The third-order valence-corrected chi connectivity index (χ3v) is 4.08. The number of benzene rings is 2. The van der Waals surface area contributed by atoms with Crippen LogP contribution in [0, 0.1) is 19.7 Å². The second kappa shape index (κ2) is 7.74. The summed E-state index contributed by atoms with van der Waals surface area (Å²) in [5.41, 5.74) is 3.87. The maximum Gasteiger partial charge on any atom is 0.270 e. The zero-order chi connectivity index (χ0) is 18.5. The molecule has 0 spiro atoms. The van der Waals surface area contributed by atoms with E-state index in [-0.39, 0.29) is 18.1 Å². The number of carbonyl (C=O) groups is 1. The lowest BCUT2D eigenvalue weighted by Crippen LogP contribution is -2.24. The van der Waals surface area contributed by atoms with E-state index in [4.69, 9.17) is 0 Å². The van der Waals surface area contributed by atoms with E-state index in [2.05, 4.69) is 20.6 Å². The molecule has 0 atom stereocenters. The number of aromatic nitrogens is 2. The Balaban J connectivity index is 1.69. The summed E-state index contributed by atoms with van der Waals surface area (Å²) in [7, 11) is 0. The first-order chi connectivity index (χ1) is 12.5. The molecule has 0 unspecified atom stereocenters. The predicted octanol–water partition coefficient (Wildman–Crippen LogP) is 3.91. The number of rotatable bonds is 5. The van der Waals surface area contributed by atoms with Crippen molar-refractivity contribution in [2.75, 3.05) is 5.32 Å². The lowest BCUT2D eigenvalue weighted by molar-refractivity contribution is 0.0945. The molecule has 0 radical (unpaired) electrons. The summed E-state index contributed by atoms with van der Waals surface area (Å²) in [6.45, 7) is 4.17. The van der Waals surface area contributed by atoms with Crippen molar-refractivity contribution in [1.29, 1.82) is 0 Å². The summed E-state index contributed by atoms with van der Waals surface area (Å²) < 4.78 is 13.6. The Morgan fingerprint density at radius 1 is 1.04 bits per heavy atom. The van der Waals surface area contributed by atoms with Gasteiger partial charge in [0.05, 0.1) is 0 Å². The van der Waals surface area contributed by atoms with Crippen molar-refractivity contribution < 1.29 is 9.18 Å². The van der Waals surface area contributed by atoms with Crippen LogP contribution >= 0.6 is 0 Å². The highest BCUT2D eigenvalue weighted by atomic mass is 19.1. The Hall–Kier alpha value is -3.28. The van der Waals surface area contributed by atoms with Crippen molar-refractivity contribution in [3.8, 4) is 0 Å². The first-order valence-corrected chi connectivity index (χ1v) is 8.21. The molecule has 0 aliphatic carbocycles. The van der Waals surface area contributed by atoms with Gasteiger partial charge < -0.3 is 10.6 Å². The molecule has 2 aromatic carbocycles. The number of halogens is 1. The fraction of sp³-hybridized carbons (Fsp3) is 0.150. The molecule has 0 saturated heterocycles. The maximum absolute atomic E-state index is 13.6. The second-order valence-corrected chi connectivity index (χ2v) is 5.99. The molecule has 0 fully saturated rings. The molecular weight excluding hydrogens is 331 g/mol. The van der Waals surface area contributed by atoms with Crippen molar-refractivity contribution in [3.63, 3.8) is 0 Å². The Morgan fingerprint density at radius 2 is 1.85 bits per heavy atom. The molecule has 0 aliphatic heterocycles. The molecule has 6 heteroatoms. The molecule has 132 valence electrons. The van der Waals surface area contributed by atoms with Crippen LogP contribution < -0.4 is 10.6 Å². The number of hydrogen-bond donors (Lipinski definition) is 2. The van der Waals surface area contributed by atoms with Crippen molar-refractivity contribution in [2.24, 2.45) is 0 Å². The number of amides is 1. The van der Waals surface area contributed by atoms with Crippen molar-refractivity contribution in [3.05, 3.63) is 83.1 Å². The first-order valence-electron chi connectivity index (χ1n) is 8.21. The van der Waals surface area contributed by atoms with Gasteiger partial charge in [-0.05, 0) is 43.2 Å². The van der Waals surface area contributed by atoms with E-state index in [9.17, 15) is 9.18 Å². The minimum Gasteiger partial charge on any atom is -0.347 e. The fourth-order valence-corrected chi connectivity index (χ4v) is 2.42. The van der Waals surface area contributed by atoms with Crippen LogP contribution in [-0.2, 0) is 6.54 Å².